The van der Waals surface area contributed by atoms with Gasteiger partial charge in [-0.05, 0) is 63.3 Å². The molecule has 98 valence electrons. The fourth-order valence-corrected chi connectivity index (χ4v) is 3.44. The highest BCUT2D eigenvalue weighted by Gasteiger charge is 2.21. The van der Waals surface area contributed by atoms with E-state index >= 15 is 0 Å². The lowest BCUT2D eigenvalue weighted by Crippen LogP contribution is -2.36. The third-order valence-electron chi connectivity index (χ3n) is 4.62. The minimum absolute atomic E-state index is 0.828. The second kappa shape index (κ2) is 7.20. The van der Waals surface area contributed by atoms with Gasteiger partial charge >= 0.3 is 0 Å². The van der Waals surface area contributed by atoms with Crippen molar-refractivity contribution in [3.63, 3.8) is 0 Å². The summed E-state index contributed by atoms with van der Waals surface area (Å²) in [6, 6.07) is 0.828. The molecule has 17 heavy (non-hydrogen) atoms. The third kappa shape index (κ3) is 4.46. The first kappa shape index (κ1) is 13.1. The molecule has 1 N–H and O–H groups in total. The van der Waals surface area contributed by atoms with Crippen LogP contribution in [0.3, 0.4) is 0 Å². The van der Waals surface area contributed by atoms with Gasteiger partial charge in [-0.1, -0.05) is 31.9 Å². The van der Waals surface area contributed by atoms with Gasteiger partial charge in [0.1, 0.15) is 0 Å². The molecular formula is C16H29N. The van der Waals surface area contributed by atoms with Gasteiger partial charge in [-0.2, -0.15) is 0 Å². The maximum atomic E-state index is 3.82. The molecule has 1 saturated carbocycles. The zero-order valence-corrected chi connectivity index (χ0v) is 11.5. The fraction of sp³-hybridized carbons (Fsp3) is 0.875. The first-order chi connectivity index (χ1) is 8.38. The second-order valence-electron chi connectivity index (χ2n) is 6.07. The van der Waals surface area contributed by atoms with Gasteiger partial charge in [0.05, 0.1) is 0 Å². The summed E-state index contributed by atoms with van der Waals surface area (Å²) in [4.78, 5) is 0. The highest BCUT2D eigenvalue weighted by Crippen LogP contribution is 2.28. The SMILES string of the molecule is CCCC1CCC(NCC2CC=CCC2)CC1. The van der Waals surface area contributed by atoms with Crippen molar-refractivity contribution in [1.29, 1.82) is 0 Å². The molecule has 0 radical (unpaired) electrons. The summed E-state index contributed by atoms with van der Waals surface area (Å²) in [5.74, 6) is 1.95. The molecule has 0 aliphatic heterocycles. The van der Waals surface area contributed by atoms with E-state index in [1.165, 1.54) is 64.3 Å². The van der Waals surface area contributed by atoms with Gasteiger partial charge < -0.3 is 5.32 Å². The van der Waals surface area contributed by atoms with Crippen molar-refractivity contribution in [2.45, 2.75) is 70.8 Å². The van der Waals surface area contributed by atoms with E-state index in [4.69, 9.17) is 0 Å². The number of hydrogen-bond donors (Lipinski definition) is 1. The van der Waals surface area contributed by atoms with Gasteiger partial charge in [-0.25, -0.2) is 0 Å². The summed E-state index contributed by atoms with van der Waals surface area (Å²) in [6.45, 7) is 3.58. The lowest BCUT2D eigenvalue weighted by molar-refractivity contribution is 0.267. The number of hydrogen-bond acceptors (Lipinski definition) is 1. The molecule has 1 atom stereocenters. The Balaban J connectivity index is 1.59. The van der Waals surface area contributed by atoms with Crippen LogP contribution in [0.4, 0.5) is 0 Å². The monoisotopic (exact) mass is 235 g/mol. The summed E-state index contributed by atoms with van der Waals surface area (Å²) < 4.78 is 0. The predicted molar refractivity (Wildman–Crippen MR) is 75.1 cm³/mol. The van der Waals surface area contributed by atoms with Gasteiger partial charge in [-0.15, -0.1) is 0 Å². The summed E-state index contributed by atoms with van der Waals surface area (Å²) in [7, 11) is 0. The van der Waals surface area contributed by atoms with Crippen LogP contribution in [-0.4, -0.2) is 12.6 Å². The molecule has 1 fully saturated rings. The quantitative estimate of drug-likeness (QED) is 0.701. The van der Waals surface area contributed by atoms with Crippen molar-refractivity contribution in [3.8, 4) is 0 Å². The highest BCUT2D eigenvalue weighted by molar-refractivity contribution is 4.91. The minimum atomic E-state index is 0.828. The molecule has 0 heterocycles. The smallest absolute Gasteiger partial charge is 0.00673 e. The molecule has 0 aromatic rings. The Morgan fingerprint density at radius 3 is 2.47 bits per heavy atom. The summed E-state index contributed by atoms with van der Waals surface area (Å²) >= 11 is 0. The summed E-state index contributed by atoms with van der Waals surface area (Å²) in [5, 5.41) is 3.82. The Morgan fingerprint density at radius 2 is 1.82 bits per heavy atom. The zero-order valence-electron chi connectivity index (χ0n) is 11.5. The largest absolute Gasteiger partial charge is 0.314 e. The zero-order chi connectivity index (χ0) is 11.9. The van der Waals surface area contributed by atoms with Gasteiger partial charge in [0, 0.05) is 6.04 Å². The average Bonchev–Trinajstić information content (AvgIpc) is 2.40. The standard InChI is InChI=1S/C16H29N/c1-2-6-14-9-11-16(12-10-14)17-13-15-7-4-3-5-8-15/h3-4,14-17H,2,5-13H2,1H3. The van der Waals surface area contributed by atoms with Crippen molar-refractivity contribution in [1.82, 2.24) is 5.32 Å². The van der Waals surface area contributed by atoms with Crippen molar-refractivity contribution in [2.24, 2.45) is 11.8 Å². The molecule has 0 amide bonds. The molecule has 1 heteroatoms. The van der Waals surface area contributed by atoms with E-state index in [2.05, 4.69) is 24.4 Å². The van der Waals surface area contributed by atoms with Crippen LogP contribution < -0.4 is 5.32 Å². The highest BCUT2D eigenvalue weighted by atomic mass is 14.9. The van der Waals surface area contributed by atoms with Crippen LogP contribution in [0.15, 0.2) is 12.2 Å². The molecular weight excluding hydrogens is 206 g/mol. The van der Waals surface area contributed by atoms with E-state index in [1.54, 1.807) is 0 Å². The lowest BCUT2D eigenvalue weighted by atomic mass is 9.83. The van der Waals surface area contributed by atoms with Crippen molar-refractivity contribution < 1.29 is 0 Å². The van der Waals surface area contributed by atoms with Crippen LogP contribution in [0.25, 0.3) is 0 Å². The van der Waals surface area contributed by atoms with Crippen LogP contribution in [0.2, 0.25) is 0 Å². The molecule has 2 aliphatic rings. The molecule has 2 rings (SSSR count). The van der Waals surface area contributed by atoms with E-state index in [0.717, 1.165) is 17.9 Å². The Bertz CT molecular complexity index is 226. The summed E-state index contributed by atoms with van der Waals surface area (Å²) in [6.07, 6.45) is 17.3. The molecule has 0 spiro atoms. The Morgan fingerprint density at radius 1 is 1.00 bits per heavy atom. The predicted octanol–water partition coefficient (Wildman–Crippen LogP) is 4.29. The molecule has 2 aliphatic carbocycles. The van der Waals surface area contributed by atoms with E-state index in [9.17, 15) is 0 Å². The van der Waals surface area contributed by atoms with Crippen molar-refractivity contribution in [3.05, 3.63) is 12.2 Å². The normalized spacial score (nSPS) is 33.8. The first-order valence-corrected chi connectivity index (χ1v) is 7.77. The van der Waals surface area contributed by atoms with Gasteiger partial charge in [0.25, 0.3) is 0 Å². The third-order valence-corrected chi connectivity index (χ3v) is 4.62. The van der Waals surface area contributed by atoms with E-state index in [-0.39, 0.29) is 0 Å². The van der Waals surface area contributed by atoms with Crippen LogP contribution >= 0.6 is 0 Å². The number of rotatable bonds is 5. The molecule has 0 saturated heterocycles. The van der Waals surface area contributed by atoms with Gasteiger partial charge in [0.15, 0.2) is 0 Å². The minimum Gasteiger partial charge on any atom is -0.314 e. The Kier molecular flexibility index (Phi) is 5.57. The Hall–Kier alpha value is -0.300. The molecule has 0 bridgehead atoms. The van der Waals surface area contributed by atoms with E-state index in [1.807, 2.05) is 0 Å². The van der Waals surface area contributed by atoms with Crippen LogP contribution in [0.5, 0.6) is 0 Å². The van der Waals surface area contributed by atoms with Crippen LogP contribution in [-0.2, 0) is 0 Å². The molecule has 1 unspecified atom stereocenters. The van der Waals surface area contributed by atoms with E-state index < -0.39 is 0 Å². The molecule has 1 nitrogen and oxygen atoms in total. The number of nitrogens with one attached hydrogen (secondary N) is 1. The Labute approximate surface area is 107 Å². The average molecular weight is 235 g/mol. The topological polar surface area (TPSA) is 12.0 Å². The van der Waals surface area contributed by atoms with Crippen molar-refractivity contribution in [2.75, 3.05) is 6.54 Å². The first-order valence-electron chi connectivity index (χ1n) is 7.77. The van der Waals surface area contributed by atoms with Gasteiger partial charge in [-0.3, -0.25) is 0 Å². The lowest BCUT2D eigenvalue weighted by Gasteiger charge is -2.30. The van der Waals surface area contributed by atoms with Gasteiger partial charge in [0.2, 0.25) is 0 Å². The van der Waals surface area contributed by atoms with Crippen molar-refractivity contribution >= 4 is 0 Å². The molecule has 0 aromatic heterocycles. The van der Waals surface area contributed by atoms with Crippen LogP contribution in [0.1, 0.15) is 64.7 Å². The maximum absolute atomic E-state index is 3.82. The maximum Gasteiger partial charge on any atom is 0.00673 e. The molecule has 0 aromatic carbocycles. The second-order valence-corrected chi connectivity index (χ2v) is 6.07. The fourth-order valence-electron chi connectivity index (χ4n) is 3.44. The van der Waals surface area contributed by atoms with E-state index in [0.29, 0.717) is 0 Å². The summed E-state index contributed by atoms with van der Waals surface area (Å²) in [5.41, 5.74) is 0. The van der Waals surface area contributed by atoms with Crippen LogP contribution in [0, 0.1) is 11.8 Å². The number of allylic oxidation sites excluding steroid dienone is 2.